The van der Waals surface area contributed by atoms with Gasteiger partial charge in [-0.15, -0.1) is 0 Å². The third-order valence-electron chi connectivity index (χ3n) is 4.22. The molecule has 1 fully saturated rings. The van der Waals surface area contributed by atoms with E-state index >= 15 is 0 Å². The van der Waals surface area contributed by atoms with Crippen LogP contribution in [0.1, 0.15) is 51.1 Å². The predicted molar refractivity (Wildman–Crippen MR) is 81.7 cm³/mol. The summed E-state index contributed by atoms with van der Waals surface area (Å²) in [7, 11) is 0. The van der Waals surface area contributed by atoms with Gasteiger partial charge in [0, 0.05) is 10.5 Å². The Kier molecular flexibility index (Phi) is 5.25. The smallest absolute Gasteiger partial charge is 0.0303 e. The molecule has 0 spiro atoms. The predicted octanol–water partition coefficient (Wildman–Crippen LogP) is 4.93. The molecule has 1 N–H and O–H groups in total. The van der Waals surface area contributed by atoms with Gasteiger partial charge in [0.05, 0.1) is 0 Å². The molecule has 100 valence electrons. The molecule has 1 aromatic rings. The molecule has 0 heterocycles. The van der Waals surface area contributed by atoms with Gasteiger partial charge in [-0.05, 0) is 49.8 Å². The highest BCUT2D eigenvalue weighted by Gasteiger charge is 2.19. The molecule has 1 nitrogen and oxygen atoms in total. The molecule has 18 heavy (non-hydrogen) atoms. The fraction of sp³-hybridized carbons (Fsp3) is 0.625. The van der Waals surface area contributed by atoms with Gasteiger partial charge in [0.2, 0.25) is 0 Å². The molecule has 0 aliphatic heterocycles. The largest absolute Gasteiger partial charge is 0.310 e. The van der Waals surface area contributed by atoms with Crippen LogP contribution in [-0.2, 0) is 0 Å². The van der Waals surface area contributed by atoms with Gasteiger partial charge in [-0.2, -0.15) is 0 Å². The van der Waals surface area contributed by atoms with Crippen molar-refractivity contribution in [2.45, 2.75) is 45.6 Å². The van der Waals surface area contributed by atoms with Gasteiger partial charge in [-0.1, -0.05) is 53.9 Å². The lowest BCUT2D eigenvalue weighted by Gasteiger charge is -2.27. The molecule has 0 aromatic heterocycles. The van der Waals surface area contributed by atoms with Gasteiger partial charge < -0.3 is 5.32 Å². The average Bonchev–Trinajstić information content (AvgIpc) is 2.38. The van der Waals surface area contributed by atoms with Crippen molar-refractivity contribution in [2.24, 2.45) is 11.8 Å². The number of hydrogen-bond acceptors (Lipinski definition) is 1. The van der Waals surface area contributed by atoms with Gasteiger partial charge in [-0.3, -0.25) is 0 Å². The Hall–Kier alpha value is -0.340. The summed E-state index contributed by atoms with van der Waals surface area (Å²) < 4.78 is 1.21. The normalized spacial score (nSPS) is 25.9. The molecule has 1 aromatic carbocycles. The van der Waals surface area contributed by atoms with Crippen molar-refractivity contribution in [2.75, 3.05) is 6.54 Å². The van der Waals surface area contributed by atoms with Gasteiger partial charge in [0.1, 0.15) is 0 Å². The zero-order valence-electron chi connectivity index (χ0n) is 11.5. The van der Waals surface area contributed by atoms with Crippen LogP contribution in [0, 0.1) is 11.8 Å². The van der Waals surface area contributed by atoms with Crippen molar-refractivity contribution in [1.29, 1.82) is 0 Å². The minimum atomic E-state index is 0.430. The lowest BCUT2D eigenvalue weighted by atomic mass is 9.83. The summed E-state index contributed by atoms with van der Waals surface area (Å²) in [6.45, 7) is 5.80. The first-order chi connectivity index (χ1) is 8.66. The van der Waals surface area contributed by atoms with E-state index in [-0.39, 0.29) is 0 Å². The zero-order chi connectivity index (χ0) is 13.0. The van der Waals surface area contributed by atoms with Crippen molar-refractivity contribution >= 4 is 15.9 Å². The van der Waals surface area contributed by atoms with Crippen LogP contribution in [0.5, 0.6) is 0 Å². The van der Waals surface area contributed by atoms with Crippen LogP contribution in [0.4, 0.5) is 0 Å². The molecule has 1 saturated carbocycles. The van der Waals surface area contributed by atoms with E-state index < -0.39 is 0 Å². The van der Waals surface area contributed by atoms with Gasteiger partial charge in [0.15, 0.2) is 0 Å². The number of benzene rings is 1. The molecule has 0 unspecified atom stereocenters. The maximum absolute atomic E-state index is 3.69. The van der Waals surface area contributed by atoms with Crippen LogP contribution in [0.25, 0.3) is 0 Å². The maximum Gasteiger partial charge on any atom is 0.0303 e. The molecule has 1 atom stereocenters. The van der Waals surface area contributed by atoms with Crippen LogP contribution in [0.2, 0.25) is 0 Å². The Bertz CT molecular complexity index is 369. The SMILES string of the molecule is CC1CCC(CN[C@H](C)c2ccccc2Br)CC1. The van der Waals surface area contributed by atoms with Crippen molar-refractivity contribution in [3.05, 3.63) is 34.3 Å². The summed E-state index contributed by atoms with van der Waals surface area (Å²) in [5.74, 6) is 1.83. The molecular formula is C16H24BrN. The van der Waals surface area contributed by atoms with Crippen LogP contribution < -0.4 is 5.32 Å². The van der Waals surface area contributed by atoms with E-state index in [0.717, 1.165) is 18.4 Å². The summed E-state index contributed by atoms with van der Waals surface area (Å²) in [6.07, 6.45) is 5.62. The Morgan fingerprint density at radius 2 is 1.89 bits per heavy atom. The maximum atomic E-state index is 3.69. The van der Waals surface area contributed by atoms with Crippen molar-refractivity contribution < 1.29 is 0 Å². The monoisotopic (exact) mass is 309 g/mol. The van der Waals surface area contributed by atoms with E-state index in [1.54, 1.807) is 0 Å². The first-order valence-corrected chi connectivity index (χ1v) is 7.94. The second-order valence-corrected chi connectivity index (χ2v) is 6.63. The molecule has 2 heteroatoms. The summed E-state index contributed by atoms with van der Waals surface area (Å²) in [4.78, 5) is 0. The fourth-order valence-corrected chi connectivity index (χ4v) is 3.44. The lowest BCUT2D eigenvalue weighted by Crippen LogP contribution is -2.28. The van der Waals surface area contributed by atoms with E-state index in [1.165, 1.54) is 35.7 Å². The molecule has 0 amide bonds. The fourth-order valence-electron chi connectivity index (χ4n) is 2.81. The van der Waals surface area contributed by atoms with Crippen LogP contribution in [0.15, 0.2) is 28.7 Å². The molecule has 0 saturated heterocycles. The third kappa shape index (κ3) is 3.83. The number of hydrogen-bond donors (Lipinski definition) is 1. The minimum absolute atomic E-state index is 0.430. The van der Waals surface area contributed by atoms with Crippen molar-refractivity contribution in [3.8, 4) is 0 Å². The Labute approximate surface area is 119 Å². The summed E-state index contributed by atoms with van der Waals surface area (Å²) in [5, 5.41) is 3.69. The second kappa shape index (κ2) is 6.72. The quantitative estimate of drug-likeness (QED) is 0.832. The Morgan fingerprint density at radius 3 is 2.56 bits per heavy atom. The summed E-state index contributed by atoms with van der Waals surface area (Å²) >= 11 is 3.63. The average molecular weight is 310 g/mol. The van der Waals surface area contributed by atoms with Gasteiger partial charge in [0.25, 0.3) is 0 Å². The van der Waals surface area contributed by atoms with Crippen molar-refractivity contribution in [1.82, 2.24) is 5.32 Å². The van der Waals surface area contributed by atoms with E-state index in [1.807, 2.05) is 0 Å². The number of nitrogens with one attached hydrogen (secondary N) is 1. The summed E-state index contributed by atoms with van der Waals surface area (Å²) in [6, 6.07) is 8.93. The molecule has 1 aliphatic carbocycles. The summed E-state index contributed by atoms with van der Waals surface area (Å²) in [5.41, 5.74) is 1.36. The van der Waals surface area contributed by atoms with E-state index in [4.69, 9.17) is 0 Å². The molecule has 0 bridgehead atoms. The topological polar surface area (TPSA) is 12.0 Å². The molecule has 0 radical (unpaired) electrons. The highest BCUT2D eigenvalue weighted by molar-refractivity contribution is 9.10. The van der Waals surface area contributed by atoms with E-state index in [2.05, 4.69) is 59.4 Å². The van der Waals surface area contributed by atoms with Crippen LogP contribution >= 0.6 is 15.9 Å². The van der Waals surface area contributed by atoms with Crippen LogP contribution in [0.3, 0.4) is 0 Å². The van der Waals surface area contributed by atoms with E-state index in [0.29, 0.717) is 6.04 Å². The lowest BCUT2D eigenvalue weighted by molar-refractivity contribution is 0.276. The highest BCUT2D eigenvalue weighted by Crippen LogP contribution is 2.29. The standard InChI is InChI=1S/C16H24BrN/c1-12-7-9-14(10-8-12)11-18-13(2)15-5-3-4-6-16(15)17/h3-6,12-14,18H,7-11H2,1-2H3/t12?,13-,14?/m1/s1. The van der Waals surface area contributed by atoms with Crippen LogP contribution in [-0.4, -0.2) is 6.54 Å². The third-order valence-corrected chi connectivity index (χ3v) is 4.94. The molecule has 2 rings (SSSR count). The zero-order valence-corrected chi connectivity index (χ0v) is 13.0. The Balaban J connectivity index is 1.81. The van der Waals surface area contributed by atoms with Crippen molar-refractivity contribution in [3.63, 3.8) is 0 Å². The minimum Gasteiger partial charge on any atom is -0.310 e. The molecular weight excluding hydrogens is 286 g/mol. The Morgan fingerprint density at radius 1 is 1.22 bits per heavy atom. The highest BCUT2D eigenvalue weighted by atomic mass is 79.9. The van der Waals surface area contributed by atoms with Gasteiger partial charge >= 0.3 is 0 Å². The first-order valence-electron chi connectivity index (χ1n) is 7.14. The molecule has 1 aliphatic rings. The van der Waals surface area contributed by atoms with Gasteiger partial charge in [-0.25, -0.2) is 0 Å². The van der Waals surface area contributed by atoms with E-state index in [9.17, 15) is 0 Å². The number of halogens is 1. The number of rotatable bonds is 4. The second-order valence-electron chi connectivity index (χ2n) is 5.78. The first kappa shape index (κ1) is 14.1.